The molecule has 0 saturated carbocycles. The first-order valence-corrected chi connectivity index (χ1v) is 8.30. The van der Waals surface area contributed by atoms with E-state index in [9.17, 15) is 0 Å². The van der Waals surface area contributed by atoms with Crippen molar-refractivity contribution in [3.63, 3.8) is 0 Å². The van der Waals surface area contributed by atoms with Crippen molar-refractivity contribution < 1.29 is 4.90 Å². The van der Waals surface area contributed by atoms with Crippen molar-refractivity contribution in [3.8, 4) is 0 Å². The average molecular weight is 248 g/mol. The molecule has 0 bridgehead atoms. The van der Waals surface area contributed by atoms with Gasteiger partial charge in [0.1, 0.15) is 5.54 Å². The van der Waals surface area contributed by atoms with Gasteiger partial charge in [0, 0.05) is 18.8 Å². The van der Waals surface area contributed by atoms with Crippen LogP contribution in [0.1, 0.15) is 71.6 Å². The van der Waals surface area contributed by atoms with Crippen LogP contribution in [0.3, 0.4) is 0 Å². The summed E-state index contributed by atoms with van der Waals surface area (Å²) in [6.07, 6.45) is 13.0. The molecule has 1 fully saturated rings. The highest BCUT2D eigenvalue weighted by atomic mass is 15.2. The van der Waals surface area contributed by atoms with E-state index in [1.165, 1.54) is 70.9 Å². The van der Waals surface area contributed by atoms with Gasteiger partial charge in [-0.25, -0.2) is 0 Å². The molecule has 102 valence electrons. The van der Waals surface area contributed by atoms with Crippen LogP contribution < -0.4 is 4.90 Å². The Hall–Kier alpha value is -0.300. The Labute approximate surface area is 113 Å². The second-order valence-corrected chi connectivity index (χ2v) is 7.14. The highest BCUT2D eigenvalue weighted by Gasteiger charge is 2.50. The van der Waals surface area contributed by atoms with E-state index in [2.05, 4.69) is 13.8 Å². The zero-order valence-corrected chi connectivity index (χ0v) is 12.4. The van der Waals surface area contributed by atoms with Crippen LogP contribution in [0.15, 0.2) is 11.1 Å². The molecule has 1 heteroatoms. The van der Waals surface area contributed by atoms with Crippen molar-refractivity contribution in [2.24, 2.45) is 5.92 Å². The molecule has 0 radical (unpaired) electrons. The minimum atomic E-state index is 0.548. The first-order valence-electron chi connectivity index (χ1n) is 8.30. The molecule has 1 saturated heterocycles. The lowest BCUT2D eigenvalue weighted by Gasteiger charge is -2.41. The van der Waals surface area contributed by atoms with Crippen molar-refractivity contribution in [2.75, 3.05) is 13.1 Å². The smallest absolute Gasteiger partial charge is 0.117 e. The van der Waals surface area contributed by atoms with Crippen LogP contribution in [0.5, 0.6) is 0 Å². The molecule has 1 aliphatic carbocycles. The molecule has 0 aromatic rings. The molecule has 0 amide bonds. The summed E-state index contributed by atoms with van der Waals surface area (Å²) in [5.74, 6) is 1.01. The molecular formula is C17H30N+. The van der Waals surface area contributed by atoms with Gasteiger partial charge in [0.15, 0.2) is 0 Å². The van der Waals surface area contributed by atoms with Crippen LogP contribution in [0.4, 0.5) is 0 Å². The molecule has 3 rings (SSSR count). The second-order valence-electron chi connectivity index (χ2n) is 7.14. The summed E-state index contributed by atoms with van der Waals surface area (Å²) < 4.78 is 0. The zero-order valence-electron chi connectivity index (χ0n) is 12.4. The van der Waals surface area contributed by atoms with Crippen LogP contribution in [-0.2, 0) is 0 Å². The van der Waals surface area contributed by atoms with Gasteiger partial charge in [0.2, 0.25) is 0 Å². The normalized spacial score (nSPS) is 39.7. The van der Waals surface area contributed by atoms with Crippen LogP contribution in [-0.4, -0.2) is 18.6 Å². The van der Waals surface area contributed by atoms with Gasteiger partial charge in [-0.2, -0.15) is 0 Å². The standard InChI is InChI=1S/C17H29N/c1-3-4-7-14-12-17(2)16-9-6-5-8-15(16)10-11-18(17)13-14/h14H,3-13H2,1-2H3/p+1/t14-,17-/m0/s1. The summed E-state index contributed by atoms with van der Waals surface area (Å²) in [7, 11) is 0. The van der Waals surface area contributed by atoms with Gasteiger partial charge in [0.05, 0.1) is 13.1 Å². The number of hydrogen-bond acceptors (Lipinski definition) is 0. The predicted octanol–water partition coefficient (Wildman–Crippen LogP) is 3.11. The molecule has 1 unspecified atom stereocenters. The summed E-state index contributed by atoms with van der Waals surface area (Å²) in [5.41, 5.74) is 4.34. The molecule has 3 aliphatic rings. The molecule has 3 atom stereocenters. The fourth-order valence-corrected chi connectivity index (χ4v) is 4.99. The van der Waals surface area contributed by atoms with E-state index in [0.29, 0.717) is 5.54 Å². The van der Waals surface area contributed by atoms with Crippen LogP contribution in [0, 0.1) is 5.92 Å². The quantitative estimate of drug-likeness (QED) is 0.732. The largest absolute Gasteiger partial charge is 0.326 e. The molecule has 0 spiro atoms. The van der Waals surface area contributed by atoms with Crippen molar-refractivity contribution in [1.82, 2.24) is 0 Å². The van der Waals surface area contributed by atoms with Gasteiger partial charge in [0.25, 0.3) is 0 Å². The third-order valence-corrected chi connectivity index (χ3v) is 5.95. The number of hydrogen-bond donors (Lipinski definition) is 1. The van der Waals surface area contributed by atoms with Crippen molar-refractivity contribution in [1.29, 1.82) is 0 Å². The Morgan fingerprint density at radius 3 is 2.89 bits per heavy atom. The fourth-order valence-electron chi connectivity index (χ4n) is 4.99. The van der Waals surface area contributed by atoms with Gasteiger partial charge >= 0.3 is 0 Å². The predicted molar refractivity (Wildman–Crippen MR) is 76.8 cm³/mol. The number of rotatable bonds is 3. The molecule has 2 heterocycles. The lowest BCUT2D eigenvalue weighted by molar-refractivity contribution is -0.934. The minimum absolute atomic E-state index is 0.548. The molecule has 18 heavy (non-hydrogen) atoms. The zero-order chi connectivity index (χ0) is 12.6. The Morgan fingerprint density at radius 1 is 1.22 bits per heavy atom. The van der Waals surface area contributed by atoms with E-state index in [-0.39, 0.29) is 0 Å². The lowest BCUT2D eigenvalue weighted by atomic mass is 9.74. The Kier molecular flexibility index (Phi) is 3.53. The summed E-state index contributed by atoms with van der Waals surface area (Å²) in [5, 5.41) is 0. The van der Waals surface area contributed by atoms with Gasteiger partial charge in [-0.3, -0.25) is 0 Å². The van der Waals surface area contributed by atoms with Crippen molar-refractivity contribution in [2.45, 2.75) is 77.2 Å². The third kappa shape index (κ3) is 2.05. The van der Waals surface area contributed by atoms with Gasteiger partial charge in [-0.1, -0.05) is 25.3 Å². The van der Waals surface area contributed by atoms with E-state index < -0.39 is 0 Å². The summed E-state index contributed by atoms with van der Waals surface area (Å²) >= 11 is 0. The average Bonchev–Trinajstić information content (AvgIpc) is 2.73. The number of quaternary nitrogens is 1. The summed E-state index contributed by atoms with van der Waals surface area (Å²) in [6.45, 7) is 7.82. The molecule has 2 aliphatic heterocycles. The van der Waals surface area contributed by atoms with E-state index in [0.717, 1.165) is 5.92 Å². The van der Waals surface area contributed by atoms with Crippen LogP contribution in [0.25, 0.3) is 0 Å². The molecule has 0 aromatic carbocycles. The van der Waals surface area contributed by atoms with Crippen LogP contribution >= 0.6 is 0 Å². The van der Waals surface area contributed by atoms with E-state index >= 15 is 0 Å². The number of fused-ring (bicyclic) bond motifs is 2. The lowest BCUT2D eigenvalue weighted by Crippen LogP contribution is -3.18. The van der Waals surface area contributed by atoms with E-state index in [4.69, 9.17) is 0 Å². The van der Waals surface area contributed by atoms with Crippen LogP contribution in [0.2, 0.25) is 0 Å². The van der Waals surface area contributed by atoms with Gasteiger partial charge in [-0.05, 0) is 44.6 Å². The highest BCUT2D eigenvalue weighted by Crippen LogP contribution is 2.40. The Balaban J connectivity index is 1.78. The topological polar surface area (TPSA) is 4.44 Å². The monoisotopic (exact) mass is 248 g/mol. The van der Waals surface area contributed by atoms with Gasteiger partial charge < -0.3 is 4.90 Å². The van der Waals surface area contributed by atoms with E-state index in [1.54, 1.807) is 0 Å². The molecule has 0 aromatic heterocycles. The number of nitrogens with one attached hydrogen (secondary N) is 1. The van der Waals surface area contributed by atoms with Crippen molar-refractivity contribution in [3.05, 3.63) is 11.1 Å². The first-order chi connectivity index (χ1) is 8.74. The molecule has 1 N–H and O–H groups in total. The highest BCUT2D eigenvalue weighted by molar-refractivity contribution is 5.28. The van der Waals surface area contributed by atoms with Crippen molar-refractivity contribution >= 4 is 0 Å². The molecule has 1 nitrogen and oxygen atoms in total. The maximum Gasteiger partial charge on any atom is 0.117 e. The summed E-state index contributed by atoms with van der Waals surface area (Å²) in [6, 6.07) is 0. The number of unbranched alkanes of at least 4 members (excludes halogenated alkanes) is 1. The summed E-state index contributed by atoms with van der Waals surface area (Å²) in [4.78, 5) is 1.93. The Morgan fingerprint density at radius 2 is 2.06 bits per heavy atom. The Bertz CT molecular complexity index is 344. The minimum Gasteiger partial charge on any atom is -0.326 e. The third-order valence-electron chi connectivity index (χ3n) is 5.95. The van der Waals surface area contributed by atoms with Gasteiger partial charge in [-0.15, -0.1) is 0 Å². The SMILES string of the molecule is CCCC[C@@H]1C[NH+]2CCC3=C(CCCC3)[C@]2(C)C1. The maximum absolute atomic E-state index is 2.59. The fraction of sp³-hybridized carbons (Fsp3) is 0.882. The maximum atomic E-state index is 2.59. The van der Waals surface area contributed by atoms with E-state index in [1.807, 2.05) is 16.0 Å². The second kappa shape index (κ2) is 5.00. The first kappa shape index (κ1) is 12.7. The molecular weight excluding hydrogens is 218 g/mol.